The number of nitrogens with one attached hydrogen (secondary N) is 2. The third-order valence-corrected chi connectivity index (χ3v) is 7.24. The fourth-order valence-electron chi connectivity index (χ4n) is 5.01. The highest BCUT2D eigenvalue weighted by Gasteiger charge is 2.29. The topological polar surface area (TPSA) is 107 Å². The van der Waals surface area contributed by atoms with Crippen LogP contribution in [0.2, 0.25) is 0 Å². The number of carbonyl (C=O) groups is 2. The molecule has 3 aromatic carbocycles. The van der Waals surface area contributed by atoms with Crippen molar-refractivity contribution in [3.05, 3.63) is 82.9 Å². The second kappa shape index (κ2) is 10.2. The van der Waals surface area contributed by atoms with E-state index in [2.05, 4.69) is 28.7 Å². The molecule has 0 unspecified atom stereocenters. The Labute approximate surface area is 226 Å². The fraction of sp³-hybridized carbons (Fsp3) is 0.233. The molecule has 2 amide bonds. The molecule has 3 aliphatic heterocycles. The molecule has 0 radical (unpaired) electrons. The Morgan fingerprint density at radius 1 is 1.00 bits per heavy atom. The van der Waals surface area contributed by atoms with Gasteiger partial charge in [0.25, 0.3) is 5.91 Å². The Balaban J connectivity index is 1.31. The van der Waals surface area contributed by atoms with Crippen LogP contribution in [0.3, 0.4) is 0 Å². The molecular weight excluding hydrogens is 494 g/mol. The van der Waals surface area contributed by atoms with E-state index in [0.29, 0.717) is 46.0 Å². The summed E-state index contributed by atoms with van der Waals surface area (Å²) in [5, 5.41) is 15.6. The smallest absolute Gasteiger partial charge is 0.258 e. The van der Waals surface area contributed by atoms with Crippen molar-refractivity contribution in [1.29, 1.82) is 5.26 Å². The number of nitriles is 1. The van der Waals surface area contributed by atoms with Crippen molar-refractivity contribution in [1.82, 2.24) is 9.80 Å². The standard InChI is InChI=1S/C30H27N5O4/c1-34-10-12-35(13-11-34)27(36)15-19-2-6-22(7-3-19)32-29(21-5-9-25-26(16-21)39-18-38-25)28-23-8-4-20(17-31)14-24(23)33-30(28)37/h2-9,14,16,32H,10-13,15,18H2,1H3,(H,33,37). The van der Waals surface area contributed by atoms with Gasteiger partial charge >= 0.3 is 0 Å². The third kappa shape index (κ3) is 4.90. The molecule has 6 rings (SSSR count). The Bertz CT molecular complexity index is 1530. The lowest BCUT2D eigenvalue weighted by Crippen LogP contribution is -2.47. The highest BCUT2D eigenvalue weighted by Crippen LogP contribution is 2.41. The number of nitrogens with zero attached hydrogens (tertiary/aromatic N) is 3. The molecule has 0 aliphatic carbocycles. The van der Waals surface area contributed by atoms with E-state index < -0.39 is 0 Å². The minimum Gasteiger partial charge on any atom is -0.454 e. The molecular formula is C30H27N5O4. The first-order chi connectivity index (χ1) is 19.0. The molecule has 196 valence electrons. The van der Waals surface area contributed by atoms with Gasteiger partial charge in [-0.05, 0) is 55.1 Å². The molecule has 0 aromatic heterocycles. The molecule has 3 aromatic rings. The van der Waals surface area contributed by atoms with E-state index in [1.165, 1.54) is 0 Å². The van der Waals surface area contributed by atoms with Gasteiger partial charge in [0.1, 0.15) is 0 Å². The first-order valence-corrected chi connectivity index (χ1v) is 12.8. The zero-order valence-electron chi connectivity index (χ0n) is 21.5. The van der Waals surface area contributed by atoms with E-state index in [9.17, 15) is 14.9 Å². The summed E-state index contributed by atoms with van der Waals surface area (Å²) in [7, 11) is 2.07. The summed E-state index contributed by atoms with van der Waals surface area (Å²) < 4.78 is 11.1. The first kappa shape index (κ1) is 24.5. The highest BCUT2D eigenvalue weighted by atomic mass is 16.7. The number of fused-ring (bicyclic) bond motifs is 2. The summed E-state index contributed by atoms with van der Waals surface area (Å²) in [5.41, 5.74) is 5.25. The zero-order chi connectivity index (χ0) is 26.9. The van der Waals surface area contributed by atoms with E-state index in [4.69, 9.17) is 9.47 Å². The normalized spacial score (nSPS) is 17.3. The van der Waals surface area contributed by atoms with Crippen LogP contribution in [0.15, 0.2) is 60.7 Å². The largest absolute Gasteiger partial charge is 0.454 e. The Hall–Kier alpha value is -4.81. The fourth-order valence-corrected chi connectivity index (χ4v) is 5.01. The maximum atomic E-state index is 13.2. The number of hydrogen-bond donors (Lipinski definition) is 2. The molecule has 0 saturated carbocycles. The van der Waals surface area contributed by atoms with Crippen molar-refractivity contribution >= 4 is 34.5 Å². The van der Waals surface area contributed by atoms with E-state index >= 15 is 0 Å². The van der Waals surface area contributed by atoms with Crippen LogP contribution in [0.4, 0.5) is 11.4 Å². The number of piperazine rings is 1. The minimum atomic E-state index is -0.269. The average molecular weight is 522 g/mol. The quantitative estimate of drug-likeness (QED) is 0.495. The van der Waals surface area contributed by atoms with Crippen molar-refractivity contribution in [2.45, 2.75) is 6.42 Å². The molecule has 9 heteroatoms. The first-order valence-electron chi connectivity index (χ1n) is 12.8. The van der Waals surface area contributed by atoms with Crippen molar-refractivity contribution in [2.75, 3.05) is 50.7 Å². The van der Waals surface area contributed by atoms with Crippen LogP contribution in [0.25, 0.3) is 11.3 Å². The number of anilines is 2. The number of amides is 2. The number of likely N-dealkylation sites (N-methyl/N-ethyl adjacent to an activating group) is 1. The van der Waals surface area contributed by atoms with Crippen molar-refractivity contribution < 1.29 is 19.1 Å². The highest BCUT2D eigenvalue weighted by molar-refractivity contribution is 6.37. The number of carbonyl (C=O) groups excluding carboxylic acids is 2. The van der Waals surface area contributed by atoms with E-state index in [1.807, 2.05) is 47.4 Å². The van der Waals surface area contributed by atoms with Crippen LogP contribution >= 0.6 is 0 Å². The maximum absolute atomic E-state index is 13.2. The number of ether oxygens (including phenoxy) is 2. The average Bonchev–Trinajstić information content (AvgIpc) is 3.55. The van der Waals surface area contributed by atoms with Gasteiger partial charge < -0.3 is 29.9 Å². The van der Waals surface area contributed by atoms with E-state index in [-0.39, 0.29) is 18.6 Å². The van der Waals surface area contributed by atoms with Gasteiger partial charge in [0.05, 0.1) is 35.0 Å². The molecule has 0 bridgehead atoms. The Morgan fingerprint density at radius 3 is 2.54 bits per heavy atom. The Morgan fingerprint density at radius 2 is 1.77 bits per heavy atom. The lowest BCUT2D eigenvalue weighted by atomic mass is 9.98. The van der Waals surface area contributed by atoms with E-state index in [1.54, 1.807) is 18.2 Å². The van der Waals surface area contributed by atoms with Gasteiger partial charge in [-0.3, -0.25) is 9.59 Å². The predicted molar refractivity (Wildman–Crippen MR) is 147 cm³/mol. The van der Waals surface area contributed by atoms with Gasteiger partial charge in [-0.1, -0.05) is 18.2 Å². The molecule has 3 heterocycles. The maximum Gasteiger partial charge on any atom is 0.258 e. The molecule has 2 N–H and O–H groups in total. The lowest BCUT2D eigenvalue weighted by Gasteiger charge is -2.32. The molecule has 1 fully saturated rings. The van der Waals surface area contributed by atoms with Gasteiger partial charge in [-0.15, -0.1) is 0 Å². The number of benzene rings is 3. The van der Waals surface area contributed by atoms with Crippen LogP contribution < -0.4 is 20.1 Å². The van der Waals surface area contributed by atoms with Crippen molar-refractivity contribution in [3.8, 4) is 17.6 Å². The molecule has 9 nitrogen and oxygen atoms in total. The summed E-state index contributed by atoms with van der Waals surface area (Å²) in [4.78, 5) is 30.2. The molecule has 3 aliphatic rings. The van der Waals surface area contributed by atoms with Gasteiger partial charge in [0, 0.05) is 43.0 Å². The number of hydrogen-bond acceptors (Lipinski definition) is 7. The van der Waals surface area contributed by atoms with Gasteiger partial charge in [-0.25, -0.2) is 0 Å². The summed E-state index contributed by atoms with van der Waals surface area (Å²) in [6.07, 6.45) is 0.344. The Kier molecular flexibility index (Phi) is 6.39. The van der Waals surface area contributed by atoms with Crippen LogP contribution in [0.1, 0.15) is 22.3 Å². The predicted octanol–water partition coefficient (Wildman–Crippen LogP) is 3.54. The van der Waals surface area contributed by atoms with Gasteiger partial charge in [0.15, 0.2) is 11.5 Å². The summed E-state index contributed by atoms with van der Waals surface area (Å²) in [5.74, 6) is 1.11. The molecule has 39 heavy (non-hydrogen) atoms. The second-order valence-corrected chi connectivity index (χ2v) is 9.83. The zero-order valence-corrected chi connectivity index (χ0v) is 21.5. The van der Waals surface area contributed by atoms with Crippen LogP contribution in [0.5, 0.6) is 11.5 Å². The van der Waals surface area contributed by atoms with Crippen LogP contribution in [-0.4, -0.2) is 61.6 Å². The summed E-state index contributed by atoms with van der Waals surface area (Å²) in [6.45, 7) is 3.43. The SMILES string of the molecule is CN1CCN(C(=O)Cc2ccc(NC(=C3C(=O)Nc4cc(C#N)ccc43)c3ccc4c(c3)OCO4)cc2)CC1. The molecule has 0 spiro atoms. The summed E-state index contributed by atoms with van der Waals surface area (Å²) >= 11 is 0. The monoisotopic (exact) mass is 521 g/mol. The number of rotatable bonds is 5. The van der Waals surface area contributed by atoms with Crippen LogP contribution in [-0.2, 0) is 16.0 Å². The third-order valence-electron chi connectivity index (χ3n) is 7.24. The van der Waals surface area contributed by atoms with Gasteiger partial charge in [0.2, 0.25) is 12.7 Å². The lowest BCUT2D eigenvalue weighted by molar-refractivity contribution is -0.132. The molecule has 0 atom stereocenters. The van der Waals surface area contributed by atoms with E-state index in [0.717, 1.165) is 43.0 Å². The minimum absolute atomic E-state index is 0.128. The summed E-state index contributed by atoms with van der Waals surface area (Å²) in [6, 6.07) is 20.5. The van der Waals surface area contributed by atoms with Crippen LogP contribution in [0, 0.1) is 11.3 Å². The van der Waals surface area contributed by atoms with Crippen molar-refractivity contribution in [3.63, 3.8) is 0 Å². The van der Waals surface area contributed by atoms with Gasteiger partial charge in [-0.2, -0.15) is 5.26 Å². The second-order valence-electron chi connectivity index (χ2n) is 9.83. The molecule has 1 saturated heterocycles. The van der Waals surface area contributed by atoms with Crippen molar-refractivity contribution in [2.24, 2.45) is 0 Å².